The second-order valence-corrected chi connectivity index (χ2v) is 8.79. The summed E-state index contributed by atoms with van der Waals surface area (Å²) in [6.45, 7) is 0. The Kier molecular flexibility index (Phi) is 6.61. The number of nitrogens with zero attached hydrogens (tertiary/aromatic N) is 3. The van der Waals surface area contributed by atoms with Crippen LogP contribution in [0.15, 0.2) is 113 Å². The Balaban J connectivity index is 1.36. The highest BCUT2D eigenvalue weighted by Gasteiger charge is 2.29. The molecule has 0 spiro atoms. The number of benzene rings is 4. The third-order valence-electron chi connectivity index (χ3n) is 5.69. The van der Waals surface area contributed by atoms with Gasteiger partial charge < -0.3 is 0 Å². The van der Waals surface area contributed by atoms with Crippen LogP contribution in [0.5, 0.6) is 0 Å². The molecule has 0 radical (unpaired) electrons. The van der Waals surface area contributed by atoms with E-state index in [-0.39, 0.29) is 6.04 Å². The van der Waals surface area contributed by atoms with Gasteiger partial charge in [-0.2, -0.15) is 10.2 Å². The molecule has 1 aliphatic heterocycles. The van der Waals surface area contributed by atoms with Crippen LogP contribution >= 0.6 is 23.2 Å². The van der Waals surface area contributed by atoms with Gasteiger partial charge in [0.15, 0.2) is 0 Å². The van der Waals surface area contributed by atoms with Gasteiger partial charge >= 0.3 is 0 Å². The molecule has 4 nitrogen and oxygen atoms in total. The summed E-state index contributed by atoms with van der Waals surface area (Å²) in [5.74, 6) is 0. The zero-order chi connectivity index (χ0) is 23.3. The van der Waals surface area contributed by atoms with E-state index in [1.54, 1.807) is 18.3 Å². The predicted molar refractivity (Wildman–Crippen MR) is 143 cm³/mol. The standard InChI is InChI=1S/C28H22Cl2N4/c29-25-16-13-23(17-26(25)30)32-31-19-20-11-14-24(15-12-20)34-28(22-9-5-2-6-10-22)18-27(33-34)21-7-3-1-4-8-21/h1-17,19,28,32H,18H2. The molecule has 0 bridgehead atoms. The fourth-order valence-electron chi connectivity index (χ4n) is 3.95. The highest BCUT2D eigenvalue weighted by Crippen LogP contribution is 2.36. The molecule has 168 valence electrons. The van der Waals surface area contributed by atoms with Crippen LogP contribution in [-0.2, 0) is 0 Å². The van der Waals surface area contributed by atoms with E-state index in [1.807, 2.05) is 30.3 Å². The maximum absolute atomic E-state index is 6.06. The molecular weight excluding hydrogens is 463 g/mol. The number of anilines is 2. The van der Waals surface area contributed by atoms with E-state index >= 15 is 0 Å². The molecule has 4 aromatic rings. The topological polar surface area (TPSA) is 40.0 Å². The summed E-state index contributed by atoms with van der Waals surface area (Å²) in [5.41, 5.74) is 9.24. The quantitative estimate of drug-likeness (QED) is 0.224. The molecule has 0 amide bonds. The van der Waals surface area contributed by atoms with Crippen molar-refractivity contribution in [1.29, 1.82) is 0 Å². The highest BCUT2D eigenvalue weighted by molar-refractivity contribution is 6.42. The molecule has 6 heteroatoms. The van der Waals surface area contributed by atoms with Crippen LogP contribution in [0.2, 0.25) is 10.0 Å². The van der Waals surface area contributed by atoms with Gasteiger partial charge in [-0.3, -0.25) is 10.4 Å². The first kappa shape index (κ1) is 22.2. The summed E-state index contributed by atoms with van der Waals surface area (Å²) < 4.78 is 0. The zero-order valence-electron chi connectivity index (χ0n) is 18.3. The molecule has 5 rings (SSSR count). The molecule has 0 aliphatic carbocycles. The van der Waals surface area contributed by atoms with E-state index in [2.05, 4.69) is 76.2 Å². The van der Waals surface area contributed by atoms with E-state index in [4.69, 9.17) is 28.3 Å². The molecule has 0 aromatic heterocycles. The third-order valence-corrected chi connectivity index (χ3v) is 6.43. The summed E-state index contributed by atoms with van der Waals surface area (Å²) in [5, 5.41) is 12.4. The number of hydrogen-bond acceptors (Lipinski definition) is 4. The SMILES string of the molecule is Clc1ccc(NN=Cc2ccc(N3N=C(c4ccccc4)CC3c3ccccc3)cc2)cc1Cl. The monoisotopic (exact) mass is 484 g/mol. The van der Waals surface area contributed by atoms with Gasteiger partial charge in [0, 0.05) is 6.42 Å². The lowest BCUT2D eigenvalue weighted by Crippen LogP contribution is -2.18. The summed E-state index contributed by atoms with van der Waals surface area (Å²) in [7, 11) is 0. The van der Waals surface area contributed by atoms with Gasteiger partial charge in [-0.05, 0) is 47.0 Å². The summed E-state index contributed by atoms with van der Waals surface area (Å²) in [6, 6.07) is 34.6. The van der Waals surface area contributed by atoms with Crippen LogP contribution in [0, 0.1) is 0 Å². The first-order chi connectivity index (χ1) is 16.7. The maximum Gasteiger partial charge on any atom is 0.0831 e. The van der Waals surface area contributed by atoms with E-state index < -0.39 is 0 Å². The Labute approximate surface area is 209 Å². The molecule has 0 saturated heterocycles. The van der Waals surface area contributed by atoms with Gasteiger partial charge in [-0.15, -0.1) is 0 Å². The minimum absolute atomic E-state index is 0.146. The normalized spacial score (nSPS) is 15.5. The van der Waals surface area contributed by atoms with Gasteiger partial charge in [-0.1, -0.05) is 96.0 Å². The van der Waals surface area contributed by atoms with Gasteiger partial charge in [0.2, 0.25) is 0 Å². The summed E-state index contributed by atoms with van der Waals surface area (Å²) in [6.07, 6.45) is 2.62. The van der Waals surface area contributed by atoms with Crippen LogP contribution in [0.1, 0.15) is 29.2 Å². The van der Waals surface area contributed by atoms with Crippen molar-refractivity contribution in [1.82, 2.24) is 0 Å². The summed E-state index contributed by atoms with van der Waals surface area (Å²) >= 11 is 12.0. The first-order valence-corrected chi connectivity index (χ1v) is 11.7. The third kappa shape index (κ3) is 4.98. The lowest BCUT2D eigenvalue weighted by molar-refractivity contribution is 0.709. The Morgan fingerprint density at radius 2 is 1.53 bits per heavy atom. The van der Waals surface area contributed by atoms with Crippen LogP contribution in [0.4, 0.5) is 11.4 Å². The van der Waals surface area contributed by atoms with Crippen molar-refractivity contribution >= 4 is 46.5 Å². The van der Waals surface area contributed by atoms with Crippen molar-refractivity contribution in [3.05, 3.63) is 130 Å². The van der Waals surface area contributed by atoms with Crippen molar-refractivity contribution < 1.29 is 0 Å². The molecule has 1 aliphatic rings. The van der Waals surface area contributed by atoms with Crippen molar-refractivity contribution in [3.63, 3.8) is 0 Å². The number of rotatable bonds is 6. The smallest absolute Gasteiger partial charge is 0.0831 e. The first-order valence-electron chi connectivity index (χ1n) is 11.0. The Bertz CT molecular complexity index is 1320. The Hall–Kier alpha value is -3.60. The van der Waals surface area contributed by atoms with Crippen molar-refractivity contribution in [2.45, 2.75) is 12.5 Å². The number of hydrazone groups is 2. The molecule has 0 fully saturated rings. The average molecular weight is 485 g/mol. The van der Waals surface area contributed by atoms with Crippen molar-refractivity contribution in [2.75, 3.05) is 10.4 Å². The van der Waals surface area contributed by atoms with E-state index in [0.29, 0.717) is 10.0 Å². The largest absolute Gasteiger partial charge is 0.278 e. The van der Waals surface area contributed by atoms with Crippen LogP contribution in [-0.4, -0.2) is 11.9 Å². The molecular formula is C28H22Cl2N4. The Morgan fingerprint density at radius 3 is 2.24 bits per heavy atom. The molecule has 34 heavy (non-hydrogen) atoms. The predicted octanol–water partition coefficient (Wildman–Crippen LogP) is 7.80. The highest BCUT2D eigenvalue weighted by atomic mass is 35.5. The van der Waals surface area contributed by atoms with Gasteiger partial charge in [0.1, 0.15) is 0 Å². The lowest BCUT2D eigenvalue weighted by atomic mass is 9.98. The van der Waals surface area contributed by atoms with Crippen LogP contribution in [0.3, 0.4) is 0 Å². The lowest BCUT2D eigenvalue weighted by Gasteiger charge is -2.24. The summed E-state index contributed by atoms with van der Waals surface area (Å²) in [4.78, 5) is 0. The molecule has 1 unspecified atom stereocenters. The van der Waals surface area contributed by atoms with Crippen molar-refractivity contribution in [3.8, 4) is 0 Å². The average Bonchev–Trinajstić information content (AvgIpc) is 3.33. The molecule has 1 N–H and O–H groups in total. The zero-order valence-corrected chi connectivity index (χ0v) is 19.8. The minimum atomic E-state index is 0.146. The van der Waals surface area contributed by atoms with Crippen molar-refractivity contribution in [2.24, 2.45) is 10.2 Å². The van der Waals surface area contributed by atoms with Gasteiger partial charge in [0.25, 0.3) is 0 Å². The number of nitrogens with one attached hydrogen (secondary N) is 1. The van der Waals surface area contributed by atoms with E-state index in [9.17, 15) is 0 Å². The fraction of sp³-hybridized carbons (Fsp3) is 0.0714. The van der Waals surface area contributed by atoms with E-state index in [1.165, 1.54) is 5.56 Å². The minimum Gasteiger partial charge on any atom is -0.278 e. The number of hydrogen-bond donors (Lipinski definition) is 1. The Morgan fingerprint density at radius 1 is 0.824 bits per heavy atom. The number of halogens is 2. The maximum atomic E-state index is 6.06. The molecule has 1 atom stereocenters. The fourth-order valence-corrected chi connectivity index (χ4v) is 4.25. The second-order valence-electron chi connectivity index (χ2n) is 7.98. The van der Waals surface area contributed by atoms with E-state index in [0.717, 1.165) is 34.6 Å². The molecule has 0 saturated carbocycles. The second kappa shape index (κ2) is 10.1. The molecule has 1 heterocycles. The molecule has 4 aromatic carbocycles. The van der Waals surface area contributed by atoms with Gasteiger partial charge in [-0.25, -0.2) is 0 Å². The van der Waals surface area contributed by atoms with Crippen LogP contribution in [0.25, 0.3) is 0 Å². The van der Waals surface area contributed by atoms with Crippen LogP contribution < -0.4 is 10.4 Å². The van der Waals surface area contributed by atoms with Gasteiger partial charge in [0.05, 0.1) is 39.4 Å².